The lowest BCUT2D eigenvalue weighted by atomic mass is 10.0. The van der Waals surface area contributed by atoms with Gasteiger partial charge in [-0.2, -0.15) is 0 Å². The highest BCUT2D eigenvalue weighted by molar-refractivity contribution is 5.76. The van der Waals surface area contributed by atoms with Gasteiger partial charge in [-0.05, 0) is 25.8 Å². The number of hydrogen-bond donors (Lipinski definition) is 2. The van der Waals surface area contributed by atoms with E-state index in [-0.39, 0.29) is 23.8 Å². The molecular formula is C16H25FN2O. The van der Waals surface area contributed by atoms with Crippen LogP contribution >= 0.6 is 0 Å². The molecule has 1 aromatic rings. The van der Waals surface area contributed by atoms with E-state index in [1.165, 1.54) is 6.07 Å². The minimum atomic E-state index is -0.198. The van der Waals surface area contributed by atoms with E-state index < -0.39 is 0 Å². The van der Waals surface area contributed by atoms with Gasteiger partial charge in [0.05, 0.1) is 0 Å². The molecule has 0 spiro atoms. The summed E-state index contributed by atoms with van der Waals surface area (Å²) in [6.07, 6.45) is 2.12. The maximum Gasteiger partial charge on any atom is 0.221 e. The SMILES string of the molecule is CCC(C)NC(=O)CCNC(CC)c1ccccc1F. The molecule has 0 saturated carbocycles. The number of nitrogens with one attached hydrogen (secondary N) is 2. The second-order valence-corrected chi connectivity index (χ2v) is 5.06. The Morgan fingerprint density at radius 1 is 1.25 bits per heavy atom. The smallest absolute Gasteiger partial charge is 0.221 e. The maximum atomic E-state index is 13.7. The van der Waals surface area contributed by atoms with Crippen molar-refractivity contribution in [1.82, 2.24) is 10.6 Å². The Kier molecular flexibility index (Phi) is 7.23. The molecule has 0 aliphatic heterocycles. The first kappa shape index (κ1) is 16.6. The van der Waals surface area contributed by atoms with Crippen LogP contribution in [-0.2, 0) is 4.79 Å². The average molecular weight is 280 g/mol. The second kappa shape index (κ2) is 8.69. The highest BCUT2D eigenvalue weighted by atomic mass is 19.1. The van der Waals surface area contributed by atoms with Gasteiger partial charge in [0.2, 0.25) is 5.91 Å². The standard InChI is InChI=1S/C16H25FN2O/c1-4-12(3)19-16(20)10-11-18-15(5-2)13-8-6-7-9-14(13)17/h6-9,12,15,18H,4-5,10-11H2,1-3H3,(H,19,20). The summed E-state index contributed by atoms with van der Waals surface area (Å²) < 4.78 is 13.7. The van der Waals surface area contributed by atoms with Crippen LogP contribution in [0.15, 0.2) is 24.3 Å². The van der Waals surface area contributed by atoms with Crippen LogP contribution in [0, 0.1) is 5.82 Å². The zero-order valence-corrected chi connectivity index (χ0v) is 12.6. The van der Waals surface area contributed by atoms with Crippen LogP contribution in [0.4, 0.5) is 4.39 Å². The summed E-state index contributed by atoms with van der Waals surface area (Å²) in [5.41, 5.74) is 0.664. The second-order valence-electron chi connectivity index (χ2n) is 5.06. The minimum absolute atomic E-state index is 0.0373. The third-order valence-electron chi connectivity index (χ3n) is 3.45. The Morgan fingerprint density at radius 2 is 1.95 bits per heavy atom. The summed E-state index contributed by atoms with van der Waals surface area (Å²) in [4.78, 5) is 11.7. The van der Waals surface area contributed by atoms with Crippen molar-refractivity contribution in [3.05, 3.63) is 35.6 Å². The quantitative estimate of drug-likeness (QED) is 0.768. The monoisotopic (exact) mass is 280 g/mol. The van der Waals surface area contributed by atoms with Crippen molar-refractivity contribution < 1.29 is 9.18 Å². The highest BCUT2D eigenvalue weighted by Crippen LogP contribution is 2.19. The molecule has 2 unspecified atom stereocenters. The topological polar surface area (TPSA) is 41.1 Å². The average Bonchev–Trinajstić information content (AvgIpc) is 2.44. The molecule has 0 heterocycles. The molecule has 1 rings (SSSR count). The summed E-state index contributed by atoms with van der Waals surface area (Å²) in [5.74, 6) is -0.161. The van der Waals surface area contributed by atoms with Crippen molar-refractivity contribution in [3.8, 4) is 0 Å². The Morgan fingerprint density at radius 3 is 2.55 bits per heavy atom. The zero-order chi connectivity index (χ0) is 15.0. The molecule has 4 heteroatoms. The normalized spacial score (nSPS) is 13.8. The Labute approximate surface area is 121 Å². The Balaban J connectivity index is 2.43. The molecule has 0 aromatic heterocycles. The van der Waals surface area contributed by atoms with Gasteiger partial charge in [-0.15, -0.1) is 0 Å². The first-order valence-corrected chi connectivity index (χ1v) is 7.35. The summed E-state index contributed by atoms with van der Waals surface area (Å²) >= 11 is 0. The van der Waals surface area contributed by atoms with Crippen molar-refractivity contribution >= 4 is 5.91 Å². The van der Waals surface area contributed by atoms with Gasteiger partial charge in [0.15, 0.2) is 0 Å². The van der Waals surface area contributed by atoms with Crippen LogP contribution in [0.3, 0.4) is 0 Å². The summed E-state index contributed by atoms with van der Waals surface area (Å²) in [6.45, 7) is 6.58. The van der Waals surface area contributed by atoms with Gasteiger partial charge in [-0.3, -0.25) is 4.79 Å². The molecule has 2 N–H and O–H groups in total. The summed E-state index contributed by atoms with van der Waals surface area (Å²) in [5, 5.41) is 6.17. The number of benzene rings is 1. The minimum Gasteiger partial charge on any atom is -0.354 e. The van der Waals surface area contributed by atoms with Gasteiger partial charge in [0.1, 0.15) is 5.82 Å². The van der Waals surface area contributed by atoms with Crippen molar-refractivity contribution in [1.29, 1.82) is 0 Å². The van der Waals surface area contributed by atoms with Gasteiger partial charge >= 0.3 is 0 Å². The lowest BCUT2D eigenvalue weighted by Gasteiger charge is -2.18. The predicted molar refractivity (Wildman–Crippen MR) is 79.9 cm³/mol. The van der Waals surface area contributed by atoms with Gasteiger partial charge in [-0.25, -0.2) is 4.39 Å². The number of carbonyl (C=O) groups is 1. The van der Waals surface area contributed by atoms with Crippen LogP contribution in [0.5, 0.6) is 0 Å². The van der Waals surface area contributed by atoms with Crippen LogP contribution < -0.4 is 10.6 Å². The van der Waals surface area contributed by atoms with Crippen molar-refractivity contribution in [2.24, 2.45) is 0 Å². The molecule has 1 aromatic carbocycles. The van der Waals surface area contributed by atoms with Crippen molar-refractivity contribution in [3.63, 3.8) is 0 Å². The fourth-order valence-corrected chi connectivity index (χ4v) is 2.04. The summed E-state index contributed by atoms with van der Waals surface area (Å²) in [6, 6.07) is 6.93. The van der Waals surface area contributed by atoms with Crippen LogP contribution in [0.1, 0.15) is 51.6 Å². The van der Waals surface area contributed by atoms with E-state index in [4.69, 9.17) is 0 Å². The molecule has 0 aliphatic rings. The molecule has 112 valence electrons. The molecule has 1 amide bonds. The largest absolute Gasteiger partial charge is 0.354 e. The van der Waals surface area contributed by atoms with E-state index in [0.717, 1.165) is 12.8 Å². The highest BCUT2D eigenvalue weighted by Gasteiger charge is 2.13. The molecule has 0 saturated heterocycles. The van der Waals surface area contributed by atoms with E-state index in [9.17, 15) is 9.18 Å². The lowest BCUT2D eigenvalue weighted by Crippen LogP contribution is -2.34. The van der Waals surface area contributed by atoms with Gasteiger partial charge in [0, 0.05) is 30.6 Å². The fraction of sp³-hybridized carbons (Fsp3) is 0.562. The molecule has 3 nitrogen and oxygen atoms in total. The summed E-state index contributed by atoms with van der Waals surface area (Å²) in [7, 11) is 0. The van der Waals surface area contributed by atoms with Gasteiger partial charge < -0.3 is 10.6 Å². The number of carbonyl (C=O) groups excluding carboxylic acids is 1. The van der Waals surface area contributed by atoms with E-state index in [1.807, 2.05) is 26.8 Å². The molecule has 0 fully saturated rings. The molecular weight excluding hydrogens is 255 g/mol. The van der Waals surface area contributed by atoms with Gasteiger partial charge in [-0.1, -0.05) is 32.0 Å². The first-order valence-electron chi connectivity index (χ1n) is 7.35. The van der Waals surface area contributed by atoms with Crippen molar-refractivity contribution in [2.75, 3.05) is 6.54 Å². The first-order chi connectivity index (χ1) is 9.58. The third kappa shape index (κ3) is 5.29. The third-order valence-corrected chi connectivity index (χ3v) is 3.45. The lowest BCUT2D eigenvalue weighted by molar-refractivity contribution is -0.121. The van der Waals surface area contributed by atoms with E-state index in [0.29, 0.717) is 18.5 Å². The number of halogens is 1. The van der Waals surface area contributed by atoms with Gasteiger partial charge in [0.25, 0.3) is 0 Å². The predicted octanol–water partition coefficient (Wildman–Crippen LogP) is 3.17. The van der Waals surface area contributed by atoms with Crippen LogP contribution in [-0.4, -0.2) is 18.5 Å². The van der Waals surface area contributed by atoms with E-state index in [2.05, 4.69) is 10.6 Å². The molecule has 20 heavy (non-hydrogen) atoms. The van der Waals surface area contributed by atoms with Crippen LogP contribution in [0.2, 0.25) is 0 Å². The Hall–Kier alpha value is -1.42. The van der Waals surface area contributed by atoms with Crippen molar-refractivity contribution in [2.45, 2.75) is 52.1 Å². The number of hydrogen-bond acceptors (Lipinski definition) is 2. The number of rotatable bonds is 8. The van der Waals surface area contributed by atoms with E-state index in [1.54, 1.807) is 12.1 Å². The molecule has 0 bridgehead atoms. The molecule has 0 aliphatic carbocycles. The maximum absolute atomic E-state index is 13.7. The molecule has 0 radical (unpaired) electrons. The Bertz CT molecular complexity index is 423. The number of amides is 1. The fourth-order valence-electron chi connectivity index (χ4n) is 2.04. The van der Waals surface area contributed by atoms with E-state index >= 15 is 0 Å². The van der Waals surface area contributed by atoms with Crippen LogP contribution in [0.25, 0.3) is 0 Å². The zero-order valence-electron chi connectivity index (χ0n) is 12.6. The molecule has 2 atom stereocenters.